The number of nitrogens with two attached hydrogens (primary N) is 1. The van der Waals surface area contributed by atoms with Gasteiger partial charge in [-0.15, -0.1) is 0 Å². The van der Waals surface area contributed by atoms with Gasteiger partial charge in [-0.25, -0.2) is 4.79 Å². The van der Waals surface area contributed by atoms with Gasteiger partial charge >= 0.3 is 12.0 Å². The third-order valence-electron chi connectivity index (χ3n) is 4.84. The third kappa shape index (κ3) is 7.71. The minimum Gasteiger partial charge on any atom is -0.465 e. The van der Waals surface area contributed by atoms with Crippen LogP contribution in [-0.2, 0) is 9.53 Å². The summed E-state index contributed by atoms with van der Waals surface area (Å²) >= 11 is 6.40. The molecule has 0 spiro atoms. The Kier molecular flexibility index (Phi) is 9.77. The number of anilines is 2. The number of urea groups is 1. The van der Waals surface area contributed by atoms with Crippen molar-refractivity contribution in [3.05, 3.63) is 58.1 Å². The summed E-state index contributed by atoms with van der Waals surface area (Å²) in [6, 6.07) is 10.0. The minimum atomic E-state index is -0.463. The van der Waals surface area contributed by atoms with E-state index in [-0.39, 0.29) is 25.0 Å². The number of nitrogens with zero attached hydrogens (tertiary/aromatic N) is 1. The quantitative estimate of drug-likeness (QED) is 0.194. The van der Waals surface area contributed by atoms with Gasteiger partial charge in [0.05, 0.1) is 18.2 Å². The zero-order valence-electron chi connectivity index (χ0n) is 19.8. The van der Waals surface area contributed by atoms with E-state index in [1.807, 2.05) is 32.9 Å². The van der Waals surface area contributed by atoms with Gasteiger partial charge in [-0.3, -0.25) is 10.2 Å². The highest BCUT2D eigenvalue weighted by Crippen LogP contribution is 2.25. The fourth-order valence-corrected chi connectivity index (χ4v) is 3.20. The number of amides is 2. The Morgan fingerprint density at radius 3 is 2.50 bits per heavy atom. The number of rotatable bonds is 8. The molecule has 5 N–H and O–H groups in total. The highest BCUT2D eigenvalue weighted by atomic mass is 35.5. The van der Waals surface area contributed by atoms with Crippen LogP contribution < -0.4 is 16.4 Å². The van der Waals surface area contributed by atoms with Gasteiger partial charge in [0.2, 0.25) is 0 Å². The SMILES string of the molecule is CCOC(=O)CN(C(=O)Nc1cc(Cl)c(C#CCNc2ccc(C(=N)N)cc2)cc1C)C(C)C. The fourth-order valence-electron chi connectivity index (χ4n) is 2.99. The number of carbonyl (C=O) groups is 2. The Balaban J connectivity index is 2.04. The molecule has 0 heterocycles. The van der Waals surface area contributed by atoms with Crippen LogP contribution in [-0.4, -0.2) is 48.5 Å². The Morgan fingerprint density at radius 1 is 1.24 bits per heavy atom. The smallest absolute Gasteiger partial charge is 0.325 e. The Bertz CT molecular complexity index is 1100. The molecular formula is C25H30ClN5O3. The second-order valence-electron chi connectivity index (χ2n) is 7.75. The first-order valence-corrected chi connectivity index (χ1v) is 11.2. The predicted molar refractivity (Wildman–Crippen MR) is 137 cm³/mol. The van der Waals surface area contributed by atoms with E-state index in [9.17, 15) is 9.59 Å². The lowest BCUT2D eigenvalue weighted by atomic mass is 10.1. The highest BCUT2D eigenvalue weighted by molar-refractivity contribution is 6.32. The number of esters is 1. The second kappa shape index (κ2) is 12.5. The summed E-state index contributed by atoms with van der Waals surface area (Å²) in [6.07, 6.45) is 0. The molecule has 0 bridgehead atoms. The summed E-state index contributed by atoms with van der Waals surface area (Å²) in [5, 5.41) is 13.8. The van der Waals surface area contributed by atoms with E-state index in [1.165, 1.54) is 4.90 Å². The van der Waals surface area contributed by atoms with E-state index < -0.39 is 12.0 Å². The van der Waals surface area contributed by atoms with Crippen LogP contribution in [0.5, 0.6) is 0 Å². The largest absolute Gasteiger partial charge is 0.465 e. The highest BCUT2D eigenvalue weighted by Gasteiger charge is 2.21. The number of nitrogen functional groups attached to an aromatic ring is 1. The third-order valence-corrected chi connectivity index (χ3v) is 5.16. The van der Waals surface area contributed by atoms with Gasteiger partial charge < -0.3 is 26.0 Å². The van der Waals surface area contributed by atoms with E-state index in [0.717, 1.165) is 11.3 Å². The monoisotopic (exact) mass is 483 g/mol. The fraction of sp³-hybridized carbons (Fsp3) is 0.320. The van der Waals surface area contributed by atoms with Crippen LogP contribution in [0.1, 0.15) is 37.5 Å². The van der Waals surface area contributed by atoms with Crippen molar-refractivity contribution >= 4 is 40.8 Å². The Morgan fingerprint density at radius 2 is 1.91 bits per heavy atom. The first-order chi connectivity index (χ1) is 16.1. The molecule has 0 atom stereocenters. The summed E-state index contributed by atoms with van der Waals surface area (Å²) in [7, 11) is 0. The molecule has 0 saturated heterocycles. The van der Waals surface area contributed by atoms with Crippen molar-refractivity contribution in [1.82, 2.24) is 4.90 Å². The van der Waals surface area contributed by atoms with Crippen molar-refractivity contribution in [1.29, 1.82) is 5.41 Å². The number of aryl methyl sites for hydroxylation is 1. The molecule has 0 aliphatic carbocycles. The molecule has 0 saturated carbocycles. The molecule has 0 aliphatic heterocycles. The Labute approximate surface area is 205 Å². The second-order valence-corrected chi connectivity index (χ2v) is 8.16. The number of halogens is 1. The molecule has 34 heavy (non-hydrogen) atoms. The molecule has 0 unspecified atom stereocenters. The van der Waals surface area contributed by atoms with Gasteiger partial charge in [-0.05, 0) is 69.7 Å². The molecule has 0 fully saturated rings. The molecular weight excluding hydrogens is 454 g/mol. The van der Waals surface area contributed by atoms with Crippen molar-refractivity contribution < 1.29 is 14.3 Å². The minimum absolute atomic E-state index is 0.0203. The lowest BCUT2D eigenvalue weighted by molar-refractivity contribution is -0.144. The average Bonchev–Trinajstić information content (AvgIpc) is 2.78. The first-order valence-electron chi connectivity index (χ1n) is 10.8. The molecule has 0 aromatic heterocycles. The molecule has 0 radical (unpaired) electrons. The molecule has 2 amide bonds. The summed E-state index contributed by atoms with van der Waals surface area (Å²) < 4.78 is 4.96. The predicted octanol–water partition coefficient (Wildman–Crippen LogP) is 4.20. The first kappa shape index (κ1) is 26.6. The van der Waals surface area contributed by atoms with Crippen molar-refractivity contribution in [3.8, 4) is 11.8 Å². The summed E-state index contributed by atoms with van der Waals surface area (Å²) in [5.74, 6) is 5.61. The average molecular weight is 484 g/mol. The normalized spacial score (nSPS) is 10.2. The molecule has 180 valence electrons. The van der Waals surface area contributed by atoms with E-state index in [0.29, 0.717) is 28.4 Å². The number of amidine groups is 1. The Hall–Kier alpha value is -3.70. The standard InChI is InChI=1S/C25H30ClN5O3/c1-5-34-23(32)15-31(16(2)3)25(33)30-22-14-21(26)19(13-17(22)4)7-6-12-29-20-10-8-18(9-11-20)24(27)28/h8-11,13-14,16,29H,5,12,15H2,1-4H3,(H3,27,28)(H,30,33). The van der Waals surface area contributed by atoms with Crippen LogP contribution in [0, 0.1) is 24.2 Å². The van der Waals surface area contributed by atoms with Gasteiger partial charge in [0.25, 0.3) is 0 Å². The lowest BCUT2D eigenvalue weighted by Crippen LogP contribution is -2.43. The van der Waals surface area contributed by atoms with Crippen molar-refractivity contribution in [2.45, 2.75) is 33.7 Å². The van der Waals surface area contributed by atoms with E-state index >= 15 is 0 Å². The lowest BCUT2D eigenvalue weighted by Gasteiger charge is -2.26. The van der Waals surface area contributed by atoms with Gasteiger partial charge in [0.15, 0.2) is 0 Å². The van der Waals surface area contributed by atoms with Crippen molar-refractivity contribution in [2.75, 3.05) is 30.3 Å². The molecule has 0 aliphatic rings. The summed E-state index contributed by atoms with van der Waals surface area (Å²) in [5.41, 5.74) is 8.93. The maximum Gasteiger partial charge on any atom is 0.325 e. The molecule has 9 heteroatoms. The number of hydrogen-bond acceptors (Lipinski definition) is 5. The molecule has 8 nitrogen and oxygen atoms in total. The van der Waals surface area contributed by atoms with Crippen LogP contribution in [0.15, 0.2) is 36.4 Å². The van der Waals surface area contributed by atoms with Crippen LogP contribution in [0.3, 0.4) is 0 Å². The van der Waals surface area contributed by atoms with Crippen LogP contribution >= 0.6 is 11.6 Å². The summed E-state index contributed by atoms with van der Waals surface area (Å²) in [4.78, 5) is 26.0. The number of ether oxygens (including phenoxy) is 1. The van der Waals surface area contributed by atoms with Crippen LogP contribution in [0.4, 0.5) is 16.2 Å². The number of nitrogens with one attached hydrogen (secondary N) is 3. The molecule has 2 rings (SSSR count). The van der Waals surface area contributed by atoms with Gasteiger partial charge in [-0.2, -0.15) is 0 Å². The van der Waals surface area contributed by atoms with Gasteiger partial charge in [0.1, 0.15) is 12.4 Å². The van der Waals surface area contributed by atoms with E-state index in [1.54, 1.807) is 31.2 Å². The van der Waals surface area contributed by atoms with Crippen molar-refractivity contribution in [2.24, 2.45) is 5.73 Å². The maximum absolute atomic E-state index is 12.8. The zero-order valence-corrected chi connectivity index (χ0v) is 20.5. The van der Waals surface area contributed by atoms with E-state index in [4.69, 9.17) is 27.5 Å². The number of hydrogen-bond donors (Lipinski definition) is 4. The maximum atomic E-state index is 12.8. The molecule has 2 aromatic carbocycles. The van der Waals surface area contributed by atoms with Gasteiger partial charge in [-0.1, -0.05) is 23.4 Å². The summed E-state index contributed by atoms with van der Waals surface area (Å²) in [6.45, 7) is 7.72. The topological polar surface area (TPSA) is 121 Å². The zero-order chi connectivity index (χ0) is 25.3. The van der Waals surface area contributed by atoms with Crippen LogP contribution in [0.2, 0.25) is 5.02 Å². The number of carbonyl (C=O) groups excluding carboxylic acids is 2. The van der Waals surface area contributed by atoms with Crippen molar-refractivity contribution in [3.63, 3.8) is 0 Å². The van der Waals surface area contributed by atoms with Gasteiger partial charge in [0, 0.05) is 28.5 Å². The molecule has 2 aromatic rings. The van der Waals surface area contributed by atoms with Crippen LogP contribution in [0.25, 0.3) is 0 Å². The number of benzene rings is 2. The van der Waals surface area contributed by atoms with E-state index in [2.05, 4.69) is 22.5 Å².